The van der Waals surface area contributed by atoms with Gasteiger partial charge in [0.2, 0.25) is 0 Å². The summed E-state index contributed by atoms with van der Waals surface area (Å²) in [5.74, 6) is 1.00. The van der Waals surface area contributed by atoms with Crippen molar-refractivity contribution >= 4 is 0 Å². The molecule has 0 fully saturated rings. The molecule has 2 rings (SSSR count). The molecule has 0 aliphatic rings. The number of hydrogen-bond acceptors (Lipinski definition) is 2. The summed E-state index contributed by atoms with van der Waals surface area (Å²) in [5.41, 5.74) is 7.87. The lowest BCUT2D eigenvalue weighted by molar-refractivity contribution is 0.468. The maximum absolute atomic E-state index is 13.3. The first kappa shape index (κ1) is 15.5. The highest BCUT2D eigenvalue weighted by atomic mass is 19.1. The molecule has 3 heteroatoms. The van der Waals surface area contributed by atoms with E-state index in [1.165, 1.54) is 17.7 Å². The SMILES string of the molecule is C[C@H](N)c1cc(F)ccc1Oc1ccc(C(C)(C)C)cc1. The van der Waals surface area contributed by atoms with Crippen molar-refractivity contribution in [3.8, 4) is 11.5 Å². The zero-order chi connectivity index (χ0) is 15.6. The highest BCUT2D eigenvalue weighted by molar-refractivity contribution is 5.41. The maximum Gasteiger partial charge on any atom is 0.132 e. The average Bonchev–Trinajstić information content (AvgIpc) is 2.40. The molecule has 0 aliphatic carbocycles. The molecule has 0 saturated carbocycles. The van der Waals surface area contributed by atoms with Crippen LogP contribution in [0.15, 0.2) is 42.5 Å². The van der Waals surface area contributed by atoms with E-state index in [0.29, 0.717) is 11.3 Å². The zero-order valence-corrected chi connectivity index (χ0v) is 13.0. The van der Waals surface area contributed by atoms with Crippen molar-refractivity contribution in [1.82, 2.24) is 0 Å². The van der Waals surface area contributed by atoms with Crippen molar-refractivity contribution in [3.05, 3.63) is 59.4 Å². The molecule has 1 atom stereocenters. The van der Waals surface area contributed by atoms with Crippen LogP contribution in [0.3, 0.4) is 0 Å². The third kappa shape index (κ3) is 3.82. The van der Waals surface area contributed by atoms with Gasteiger partial charge < -0.3 is 10.5 Å². The molecule has 0 aliphatic heterocycles. The summed E-state index contributed by atoms with van der Waals surface area (Å²) >= 11 is 0. The van der Waals surface area contributed by atoms with Crippen molar-refractivity contribution in [2.45, 2.75) is 39.2 Å². The Morgan fingerprint density at radius 1 is 1.05 bits per heavy atom. The van der Waals surface area contributed by atoms with E-state index in [4.69, 9.17) is 10.5 Å². The van der Waals surface area contributed by atoms with Crippen LogP contribution in [0.1, 0.15) is 44.9 Å². The van der Waals surface area contributed by atoms with Crippen LogP contribution in [0.2, 0.25) is 0 Å². The van der Waals surface area contributed by atoms with Gasteiger partial charge in [-0.2, -0.15) is 0 Å². The molecule has 21 heavy (non-hydrogen) atoms. The normalized spacial score (nSPS) is 13.0. The predicted molar refractivity (Wildman–Crippen MR) is 84.2 cm³/mol. The van der Waals surface area contributed by atoms with Gasteiger partial charge in [0.1, 0.15) is 17.3 Å². The first-order valence-electron chi connectivity index (χ1n) is 7.11. The van der Waals surface area contributed by atoms with Gasteiger partial charge >= 0.3 is 0 Å². The average molecular weight is 287 g/mol. The zero-order valence-electron chi connectivity index (χ0n) is 13.0. The van der Waals surface area contributed by atoms with E-state index in [0.717, 1.165) is 5.75 Å². The summed E-state index contributed by atoms with van der Waals surface area (Å²) in [6, 6.07) is 12.1. The van der Waals surface area contributed by atoms with E-state index >= 15 is 0 Å². The Kier molecular flexibility index (Phi) is 4.33. The summed E-state index contributed by atoms with van der Waals surface area (Å²) in [5, 5.41) is 0. The van der Waals surface area contributed by atoms with Crippen LogP contribution in [0, 0.1) is 5.82 Å². The molecule has 0 saturated heterocycles. The van der Waals surface area contributed by atoms with Crippen LogP contribution >= 0.6 is 0 Å². The third-order valence-electron chi connectivity index (χ3n) is 3.41. The van der Waals surface area contributed by atoms with Crippen molar-refractivity contribution in [1.29, 1.82) is 0 Å². The van der Waals surface area contributed by atoms with Gasteiger partial charge in [-0.05, 0) is 48.2 Å². The lowest BCUT2D eigenvalue weighted by atomic mass is 9.87. The van der Waals surface area contributed by atoms with Crippen LogP contribution in [-0.2, 0) is 5.41 Å². The second-order valence-corrected chi connectivity index (χ2v) is 6.35. The fraction of sp³-hybridized carbons (Fsp3) is 0.333. The van der Waals surface area contributed by atoms with Crippen molar-refractivity contribution < 1.29 is 9.13 Å². The van der Waals surface area contributed by atoms with Crippen molar-refractivity contribution in [3.63, 3.8) is 0 Å². The standard InChI is InChI=1S/C18H22FNO/c1-12(20)16-11-14(19)7-10-17(16)21-15-8-5-13(6-9-15)18(2,3)4/h5-12H,20H2,1-4H3/t12-/m0/s1. The summed E-state index contributed by atoms with van der Waals surface area (Å²) in [6.07, 6.45) is 0. The molecule has 2 aromatic carbocycles. The van der Waals surface area contributed by atoms with Crippen LogP contribution in [0.25, 0.3) is 0 Å². The first-order valence-corrected chi connectivity index (χ1v) is 7.11. The van der Waals surface area contributed by atoms with Gasteiger partial charge in [-0.15, -0.1) is 0 Å². The Bertz CT molecular complexity index is 612. The number of hydrogen-bond donors (Lipinski definition) is 1. The van der Waals surface area contributed by atoms with Crippen molar-refractivity contribution in [2.24, 2.45) is 5.73 Å². The van der Waals surface area contributed by atoms with E-state index in [1.807, 2.05) is 31.2 Å². The maximum atomic E-state index is 13.3. The molecule has 0 aromatic heterocycles. The number of nitrogens with two attached hydrogens (primary N) is 1. The third-order valence-corrected chi connectivity index (χ3v) is 3.41. The van der Waals surface area contributed by atoms with E-state index in [1.54, 1.807) is 6.07 Å². The van der Waals surface area contributed by atoms with Gasteiger partial charge in [-0.1, -0.05) is 32.9 Å². The number of halogens is 1. The summed E-state index contributed by atoms with van der Waals surface area (Å²) in [7, 11) is 0. The van der Waals surface area contributed by atoms with Gasteiger partial charge in [0.05, 0.1) is 0 Å². The predicted octanol–water partition coefficient (Wildman–Crippen LogP) is 4.94. The van der Waals surface area contributed by atoms with E-state index in [2.05, 4.69) is 20.8 Å². The smallest absolute Gasteiger partial charge is 0.132 e. The minimum atomic E-state index is -0.308. The quantitative estimate of drug-likeness (QED) is 0.868. The van der Waals surface area contributed by atoms with Crippen LogP contribution < -0.4 is 10.5 Å². The molecule has 2 N–H and O–H groups in total. The largest absolute Gasteiger partial charge is 0.457 e. The number of rotatable bonds is 3. The van der Waals surface area contributed by atoms with E-state index < -0.39 is 0 Å². The fourth-order valence-corrected chi connectivity index (χ4v) is 2.12. The molecule has 0 amide bonds. The molecule has 0 unspecified atom stereocenters. The second-order valence-electron chi connectivity index (χ2n) is 6.35. The monoisotopic (exact) mass is 287 g/mol. The van der Waals surface area contributed by atoms with Crippen LogP contribution in [-0.4, -0.2) is 0 Å². The van der Waals surface area contributed by atoms with Gasteiger partial charge in [-0.25, -0.2) is 4.39 Å². The van der Waals surface area contributed by atoms with Crippen LogP contribution in [0.4, 0.5) is 4.39 Å². The lowest BCUT2D eigenvalue weighted by Gasteiger charge is -2.19. The summed E-state index contributed by atoms with van der Waals surface area (Å²) in [6.45, 7) is 8.30. The molecule has 2 aromatic rings. The molecule has 112 valence electrons. The Morgan fingerprint density at radius 3 is 2.19 bits per heavy atom. The Balaban J connectivity index is 2.26. The van der Waals surface area contributed by atoms with Crippen LogP contribution in [0.5, 0.6) is 11.5 Å². The number of benzene rings is 2. The van der Waals surface area contributed by atoms with E-state index in [9.17, 15) is 4.39 Å². The van der Waals surface area contributed by atoms with Gasteiger partial charge in [-0.3, -0.25) is 0 Å². The summed E-state index contributed by atoms with van der Waals surface area (Å²) < 4.78 is 19.2. The lowest BCUT2D eigenvalue weighted by Crippen LogP contribution is -2.10. The molecule has 0 bridgehead atoms. The van der Waals surface area contributed by atoms with Gasteiger partial charge in [0, 0.05) is 11.6 Å². The van der Waals surface area contributed by atoms with Gasteiger partial charge in [0.15, 0.2) is 0 Å². The van der Waals surface area contributed by atoms with E-state index in [-0.39, 0.29) is 17.3 Å². The molecule has 2 nitrogen and oxygen atoms in total. The molecular weight excluding hydrogens is 265 g/mol. The topological polar surface area (TPSA) is 35.2 Å². The minimum absolute atomic E-state index is 0.103. The Labute approximate surface area is 125 Å². The van der Waals surface area contributed by atoms with Gasteiger partial charge in [0.25, 0.3) is 0 Å². The molecule has 0 radical (unpaired) electrons. The molecular formula is C18H22FNO. The Morgan fingerprint density at radius 2 is 1.67 bits per heavy atom. The molecule has 0 heterocycles. The molecule has 0 spiro atoms. The second kappa shape index (κ2) is 5.86. The van der Waals surface area contributed by atoms with Crippen molar-refractivity contribution in [2.75, 3.05) is 0 Å². The highest BCUT2D eigenvalue weighted by Gasteiger charge is 2.14. The number of ether oxygens (including phenoxy) is 1. The summed E-state index contributed by atoms with van der Waals surface area (Å²) in [4.78, 5) is 0. The first-order chi connectivity index (χ1) is 9.77. The highest BCUT2D eigenvalue weighted by Crippen LogP contribution is 2.31. The fourth-order valence-electron chi connectivity index (χ4n) is 2.12. The Hall–Kier alpha value is -1.87. The minimum Gasteiger partial charge on any atom is -0.457 e.